The highest BCUT2D eigenvalue weighted by molar-refractivity contribution is 6.02. The van der Waals surface area contributed by atoms with Crippen LogP contribution in [0.15, 0.2) is 23.4 Å². The van der Waals surface area contributed by atoms with Gasteiger partial charge in [0, 0.05) is 25.3 Å². The van der Waals surface area contributed by atoms with Gasteiger partial charge in [-0.3, -0.25) is 0 Å². The Kier molecular flexibility index (Phi) is 4.84. The van der Waals surface area contributed by atoms with Crippen LogP contribution in [0.1, 0.15) is 30.4 Å². The summed E-state index contributed by atoms with van der Waals surface area (Å²) in [7, 11) is 0. The average molecular weight is 277 g/mol. The first-order chi connectivity index (χ1) is 9.67. The van der Waals surface area contributed by atoms with Gasteiger partial charge < -0.3 is 20.9 Å². The first kappa shape index (κ1) is 14.7. The van der Waals surface area contributed by atoms with Crippen molar-refractivity contribution in [3.8, 4) is 0 Å². The smallest absolute Gasteiger partial charge is 0.172 e. The Labute approximate surface area is 119 Å². The van der Waals surface area contributed by atoms with E-state index in [1.807, 2.05) is 25.1 Å². The van der Waals surface area contributed by atoms with E-state index in [1.54, 1.807) is 0 Å². The summed E-state index contributed by atoms with van der Waals surface area (Å²) in [5.74, 6) is 0.654. The number of para-hydroxylation sites is 1. The maximum Gasteiger partial charge on any atom is 0.172 e. The SMILES string of the molecule is Cc1cccc(/C(N)=N/O)c1N1CCCC(CCO)C1. The first-order valence-electron chi connectivity index (χ1n) is 7.10. The zero-order valence-corrected chi connectivity index (χ0v) is 11.9. The van der Waals surface area contributed by atoms with Crippen LogP contribution in [0, 0.1) is 12.8 Å². The second kappa shape index (κ2) is 6.61. The third kappa shape index (κ3) is 3.04. The van der Waals surface area contributed by atoms with Gasteiger partial charge in [-0.1, -0.05) is 17.3 Å². The topological polar surface area (TPSA) is 82.1 Å². The van der Waals surface area contributed by atoms with Gasteiger partial charge >= 0.3 is 0 Å². The lowest BCUT2D eigenvalue weighted by Crippen LogP contribution is -2.37. The Morgan fingerprint density at radius 1 is 1.50 bits per heavy atom. The lowest BCUT2D eigenvalue weighted by Gasteiger charge is -2.36. The Morgan fingerprint density at radius 2 is 2.30 bits per heavy atom. The Hall–Kier alpha value is -1.75. The molecule has 5 heteroatoms. The summed E-state index contributed by atoms with van der Waals surface area (Å²) in [4.78, 5) is 2.30. The van der Waals surface area contributed by atoms with E-state index in [2.05, 4.69) is 10.1 Å². The van der Waals surface area contributed by atoms with Crippen LogP contribution in [-0.4, -0.2) is 35.8 Å². The zero-order chi connectivity index (χ0) is 14.5. The number of hydrogen-bond donors (Lipinski definition) is 3. The number of oxime groups is 1. The van der Waals surface area contributed by atoms with Crippen molar-refractivity contribution < 1.29 is 10.3 Å². The van der Waals surface area contributed by atoms with Crippen molar-refractivity contribution in [3.63, 3.8) is 0 Å². The van der Waals surface area contributed by atoms with Crippen LogP contribution < -0.4 is 10.6 Å². The summed E-state index contributed by atoms with van der Waals surface area (Å²) in [6.45, 7) is 4.16. The molecule has 0 aliphatic carbocycles. The number of hydrogen-bond acceptors (Lipinski definition) is 4. The number of aliphatic hydroxyl groups excluding tert-OH is 1. The molecule has 0 saturated carbocycles. The molecule has 1 fully saturated rings. The van der Waals surface area contributed by atoms with Gasteiger partial charge in [-0.05, 0) is 43.7 Å². The normalized spacial score (nSPS) is 20.2. The van der Waals surface area contributed by atoms with Gasteiger partial charge in [-0.25, -0.2) is 0 Å². The number of benzene rings is 1. The van der Waals surface area contributed by atoms with E-state index in [-0.39, 0.29) is 12.4 Å². The number of aryl methyl sites for hydroxylation is 1. The van der Waals surface area contributed by atoms with Crippen LogP contribution in [0.4, 0.5) is 5.69 Å². The molecule has 1 heterocycles. The maximum absolute atomic E-state index is 9.12. The summed E-state index contributed by atoms with van der Waals surface area (Å²) in [6, 6.07) is 5.84. The summed E-state index contributed by atoms with van der Waals surface area (Å²) in [5, 5.41) is 21.2. The molecule has 0 spiro atoms. The molecular weight excluding hydrogens is 254 g/mol. The number of nitrogens with zero attached hydrogens (tertiary/aromatic N) is 2. The van der Waals surface area contributed by atoms with Crippen molar-refractivity contribution in [2.24, 2.45) is 16.8 Å². The Morgan fingerprint density at radius 3 is 3.00 bits per heavy atom. The number of nitrogens with two attached hydrogens (primary N) is 1. The van der Waals surface area contributed by atoms with Crippen molar-refractivity contribution >= 4 is 11.5 Å². The van der Waals surface area contributed by atoms with E-state index in [9.17, 15) is 0 Å². The minimum absolute atomic E-state index is 0.146. The van der Waals surface area contributed by atoms with E-state index in [1.165, 1.54) is 0 Å². The van der Waals surface area contributed by atoms with Crippen LogP contribution in [0.25, 0.3) is 0 Å². The standard InChI is InChI=1S/C15H23N3O2/c1-11-4-2-6-13(15(16)17-20)14(11)18-8-3-5-12(10-18)7-9-19/h2,4,6,12,19-20H,3,5,7-10H2,1H3,(H2,16,17). The third-order valence-electron chi connectivity index (χ3n) is 3.99. The van der Waals surface area contributed by atoms with Gasteiger partial charge in [0.2, 0.25) is 0 Å². The fourth-order valence-electron chi connectivity index (χ4n) is 3.03. The van der Waals surface area contributed by atoms with Gasteiger partial charge in [0.25, 0.3) is 0 Å². The molecule has 1 aromatic rings. The molecule has 0 amide bonds. The number of piperidine rings is 1. The summed E-state index contributed by atoms with van der Waals surface area (Å²) >= 11 is 0. The highest BCUT2D eigenvalue weighted by Gasteiger charge is 2.23. The predicted molar refractivity (Wildman–Crippen MR) is 80.3 cm³/mol. The first-order valence-corrected chi connectivity index (χ1v) is 7.10. The zero-order valence-electron chi connectivity index (χ0n) is 11.9. The number of amidine groups is 1. The van der Waals surface area contributed by atoms with Gasteiger partial charge in [0.1, 0.15) is 0 Å². The molecule has 0 bridgehead atoms. The number of aliphatic hydroxyl groups is 1. The number of anilines is 1. The minimum atomic E-state index is 0.146. The Bertz CT molecular complexity index is 486. The minimum Gasteiger partial charge on any atom is -0.409 e. The molecule has 5 nitrogen and oxygen atoms in total. The maximum atomic E-state index is 9.12. The van der Waals surface area contributed by atoms with Gasteiger partial charge in [-0.2, -0.15) is 0 Å². The monoisotopic (exact) mass is 277 g/mol. The van der Waals surface area contributed by atoms with Crippen molar-refractivity contribution in [2.45, 2.75) is 26.2 Å². The molecule has 110 valence electrons. The number of rotatable bonds is 4. The highest BCUT2D eigenvalue weighted by atomic mass is 16.4. The van der Waals surface area contributed by atoms with Crippen molar-refractivity contribution in [1.82, 2.24) is 0 Å². The highest BCUT2D eigenvalue weighted by Crippen LogP contribution is 2.30. The van der Waals surface area contributed by atoms with Crippen molar-refractivity contribution in [1.29, 1.82) is 0 Å². The molecule has 4 N–H and O–H groups in total. The second-order valence-electron chi connectivity index (χ2n) is 5.42. The van der Waals surface area contributed by atoms with E-state index in [0.29, 0.717) is 5.92 Å². The molecule has 1 unspecified atom stereocenters. The van der Waals surface area contributed by atoms with E-state index in [4.69, 9.17) is 16.0 Å². The fourth-order valence-corrected chi connectivity index (χ4v) is 3.03. The lowest BCUT2D eigenvalue weighted by molar-refractivity contribution is 0.244. The molecule has 1 atom stereocenters. The molecule has 1 aliphatic heterocycles. The van der Waals surface area contributed by atoms with Gasteiger partial charge in [0.15, 0.2) is 5.84 Å². The van der Waals surface area contributed by atoms with E-state index in [0.717, 1.165) is 49.2 Å². The summed E-state index contributed by atoms with van der Waals surface area (Å²) < 4.78 is 0. The Balaban J connectivity index is 2.31. The lowest BCUT2D eigenvalue weighted by atomic mass is 9.93. The van der Waals surface area contributed by atoms with Crippen LogP contribution in [0.2, 0.25) is 0 Å². The van der Waals surface area contributed by atoms with E-state index < -0.39 is 0 Å². The summed E-state index contributed by atoms with van der Waals surface area (Å²) in [5.41, 5.74) is 8.74. The third-order valence-corrected chi connectivity index (χ3v) is 3.99. The largest absolute Gasteiger partial charge is 0.409 e. The van der Waals surface area contributed by atoms with Crippen molar-refractivity contribution in [3.05, 3.63) is 29.3 Å². The molecule has 0 aromatic heterocycles. The molecule has 20 heavy (non-hydrogen) atoms. The van der Waals surface area contributed by atoms with Crippen molar-refractivity contribution in [2.75, 3.05) is 24.6 Å². The molecule has 0 radical (unpaired) electrons. The average Bonchev–Trinajstić information content (AvgIpc) is 2.46. The summed E-state index contributed by atoms with van der Waals surface area (Å²) in [6.07, 6.45) is 3.09. The molecule has 1 saturated heterocycles. The molecule has 2 rings (SSSR count). The molecule has 1 aliphatic rings. The van der Waals surface area contributed by atoms with E-state index >= 15 is 0 Å². The second-order valence-corrected chi connectivity index (χ2v) is 5.42. The van der Waals surface area contributed by atoms with Crippen LogP contribution in [0.5, 0.6) is 0 Å². The van der Waals surface area contributed by atoms with Crippen LogP contribution in [0.3, 0.4) is 0 Å². The molecular formula is C15H23N3O2. The van der Waals surface area contributed by atoms with Gasteiger partial charge in [0.05, 0.1) is 5.69 Å². The molecule has 1 aromatic carbocycles. The predicted octanol–water partition coefficient (Wildman–Crippen LogP) is 1.69. The van der Waals surface area contributed by atoms with Gasteiger partial charge in [-0.15, -0.1) is 0 Å². The van der Waals surface area contributed by atoms with Crippen LogP contribution >= 0.6 is 0 Å². The quantitative estimate of drug-likeness (QED) is 0.338. The fraction of sp³-hybridized carbons (Fsp3) is 0.533. The van der Waals surface area contributed by atoms with Crippen LogP contribution in [-0.2, 0) is 0 Å².